The Bertz CT molecular complexity index is 747. The zero-order valence-corrected chi connectivity index (χ0v) is 15.8. The summed E-state index contributed by atoms with van der Waals surface area (Å²) < 4.78 is 5.23. The summed E-state index contributed by atoms with van der Waals surface area (Å²) in [6.45, 7) is 2.49. The molecule has 1 N–H and O–H groups in total. The highest BCUT2D eigenvalue weighted by atomic mass is 35.5. The quantitative estimate of drug-likeness (QED) is 0.765. The normalized spacial score (nSPS) is 10.3. The van der Waals surface area contributed by atoms with Crippen LogP contribution in [0.5, 0.6) is 5.75 Å². The van der Waals surface area contributed by atoms with Crippen LogP contribution in [-0.4, -0.2) is 36.9 Å². The molecular weight excluding hydrogens is 352 g/mol. The third-order valence-electron chi connectivity index (χ3n) is 3.83. The van der Waals surface area contributed by atoms with E-state index in [0.717, 1.165) is 12.0 Å². The van der Waals surface area contributed by atoms with Gasteiger partial charge in [0.1, 0.15) is 5.75 Å². The minimum absolute atomic E-state index is 0.00167. The topological polar surface area (TPSA) is 58.6 Å². The maximum Gasteiger partial charge on any atom is 0.244 e. The molecule has 0 unspecified atom stereocenters. The number of ether oxygens (including phenoxy) is 1. The summed E-state index contributed by atoms with van der Waals surface area (Å²) in [7, 11) is 1.55. The molecule has 2 rings (SSSR count). The number of amides is 2. The minimum Gasteiger partial charge on any atom is -0.495 e. The fourth-order valence-electron chi connectivity index (χ4n) is 2.56. The van der Waals surface area contributed by atoms with Crippen LogP contribution in [0, 0.1) is 0 Å². The van der Waals surface area contributed by atoms with Gasteiger partial charge in [-0.1, -0.05) is 42.8 Å². The van der Waals surface area contributed by atoms with Gasteiger partial charge in [0.2, 0.25) is 11.8 Å². The van der Waals surface area contributed by atoms with Crippen molar-refractivity contribution in [2.75, 3.05) is 25.5 Å². The van der Waals surface area contributed by atoms with Crippen molar-refractivity contribution in [1.82, 2.24) is 4.90 Å². The van der Waals surface area contributed by atoms with Gasteiger partial charge >= 0.3 is 0 Å². The summed E-state index contributed by atoms with van der Waals surface area (Å²) in [6.07, 6.45) is 1.01. The lowest BCUT2D eigenvalue weighted by atomic mass is 10.1. The lowest BCUT2D eigenvalue weighted by Crippen LogP contribution is -2.39. The number of hydrogen-bond acceptors (Lipinski definition) is 3. The van der Waals surface area contributed by atoms with Crippen LogP contribution in [0.1, 0.15) is 18.9 Å². The second-order valence-electron chi connectivity index (χ2n) is 5.87. The number of carbonyl (C=O) groups excluding carboxylic acids is 2. The van der Waals surface area contributed by atoms with Crippen LogP contribution >= 0.6 is 11.6 Å². The molecule has 5 nitrogen and oxygen atoms in total. The Balaban J connectivity index is 2.00. The first-order chi connectivity index (χ1) is 12.5. The van der Waals surface area contributed by atoms with E-state index in [1.54, 1.807) is 36.3 Å². The molecular formula is C20H23ClN2O3. The summed E-state index contributed by atoms with van der Waals surface area (Å²) in [6, 6.07) is 14.3. The molecule has 0 atom stereocenters. The van der Waals surface area contributed by atoms with E-state index in [1.165, 1.54) is 0 Å². The van der Waals surface area contributed by atoms with E-state index >= 15 is 0 Å². The maximum absolute atomic E-state index is 12.6. The van der Waals surface area contributed by atoms with Crippen LogP contribution in [0.3, 0.4) is 0 Å². The molecule has 0 bridgehead atoms. The number of halogens is 1. The predicted molar refractivity (Wildman–Crippen MR) is 104 cm³/mol. The van der Waals surface area contributed by atoms with E-state index in [1.807, 2.05) is 31.2 Å². The number of nitrogens with zero attached hydrogens (tertiary/aromatic N) is 1. The van der Waals surface area contributed by atoms with Gasteiger partial charge in [0, 0.05) is 11.6 Å². The molecule has 6 heteroatoms. The Morgan fingerprint density at radius 2 is 1.81 bits per heavy atom. The summed E-state index contributed by atoms with van der Waals surface area (Å²) in [5.74, 6) is 0.229. The Kier molecular flexibility index (Phi) is 7.48. The first-order valence-corrected chi connectivity index (χ1v) is 8.86. The van der Waals surface area contributed by atoms with Crippen LogP contribution in [0.4, 0.5) is 5.69 Å². The molecule has 2 aromatic rings. The summed E-state index contributed by atoms with van der Waals surface area (Å²) in [5, 5.41) is 3.43. The highest BCUT2D eigenvalue weighted by molar-refractivity contribution is 6.30. The van der Waals surface area contributed by atoms with Crippen LogP contribution in [0.25, 0.3) is 0 Å². The molecule has 0 aliphatic carbocycles. The Hall–Kier alpha value is -2.53. The lowest BCUT2D eigenvalue weighted by molar-refractivity contribution is -0.134. The Morgan fingerprint density at radius 3 is 2.46 bits per heavy atom. The monoisotopic (exact) mass is 374 g/mol. The first-order valence-electron chi connectivity index (χ1n) is 8.48. The van der Waals surface area contributed by atoms with E-state index in [9.17, 15) is 9.59 Å². The van der Waals surface area contributed by atoms with Gasteiger partial charge in [-0.2, -0.15) is 0 Å². The lowest BCUT2D eigenvalue weighted by Gasteiger charge is -2.22. The Morgan fingerprint density at radius 1 is 1.12 bits per heavy atom. The highest BCUT2D eigenvalue weighted by Gasteiger charge is 2.17. The summed E-state index contributed by atoms with van der Waals surface area (Å²) >= 11 is 5.87. The van der Waals surface area contributed by atoms with Crippen molar-refractivity contribution < 1.29 is 14.3 Å². The number of rotatable bonds is 8. The zero-order valence-electron chi connectivity index (χ0n) is 15.0. The van der Waals surface area contributed by atoms with Gasteiger partial charge in [0.05, 0.1) is 25.8 Å². The van der Waals surface area contributed by atoms with Crippen molar-refractivity contribution in [3.05, 3.63) is 59.1 Å². The average molecular weight is 375 g/mol. The van der Waals surface area contributed by atoms with Crippen molar-refractivity contribution in [3.63, 3.8) is 0 Å². The molecule has 0 radical (unpaired) electrons. The van der Waals surface area contributed by atoms with Crippen molar-refractivity contribution in [2.45, 2.75) is 19.8 Å². The van der Waals surface area contributed by atoms with Crippen LogP contribution in [-0.2, 0) is 16.0 Å². The SMILES string of the molecule is CCCN(CC(=O)Nc1ccccc1OC)C(=O)Cc1ccc(Cl)cc1. The molecule has 0 aliphatic rings. The molecule has 2 amide bonds. The van der Waals surface area contributed by atoms with E-state index < -0.39 is 0 Å². The number of methoxy groups -OCH3 is 1. The molecule has 0 aromatic heterocycles. The predicted octanol–water partition coefficient (Wildman–Crippen LogP) is 3.77. The summed E-state index contributed by atoms with van der Waals surface area (Å²) in [4.78, 5) is 26.5. The third kappa shape index (κ3) is 5.77. The largest absolute Gasteiger partial charge is 0.495 e. The fourth-order valence-corrected chi connectivity index (χ4v) is 2.69. The van der Waals surface area contributed by atoms with E-state index in [2.05, 4.69) is 5.32 Å². The number of nitrogens with one attached hydrogen (secondary N) is 1. The van der Waals surface area contributed by atoms with Gasteiger partial charge < -0.3 is 15.0 Å². The number of para-hydroxylation sites is 2. The molecule has 0 spiro atoms. The van der Waals surface area contributed by atoms with Crippen molar-refractivity contribution in [3.8, 4) is 5.75 Å². The summed E-state index contributed by atoms with van der Waals surface area (Å²) in [5.41, 5.74) is 1.45. The van der Waals surface area contributed by atoms with Gasteiger partial charge in [-0.05, 0) is 36.2 Å². The number of carbonyl (C=O) groups is 2. The van der Waals surface area contributed by atoms with E-state index in [0.29, 0.717) is 23.0 Å². The molecule has 0 saturated carbocycles. The number of hydrogen-bond donors (Lipinski definition) is 1. The first kappa shape index (κ1) is 19.8. The van der Waals surface area contributed by atoms with E-state index in [-0.39, 0.29) is 24.8 Å². The Labute approximate surface area is 158 Å². The highest BCUT2D eigenvalue weighted by Crippen LogP contribution is 2.22. The standard InChI is InChI=1S/C20H23ClN2O3/c1-3-12-23(20(25)13-15-8-10-16(21)11-9-15)14-19(24)22-17-6-4-5-7-18(17)26-2/h4-11H,3,12-14H2,1-2H3,(H,22,24). The maximum atomic E-state index is 12.6. The molecule has 138 valence electrons. The molecule has 0 aliphatic heterocycles. The number of benzene rings is 2. The molecule has 2 aromatic carbocycles. The van der Waals surface area contributed by atoms with Gasteiger partial charge in [0.25, 0.3) is 0 Å². The van der Waals surface area contributed by atoms with Crippen LogP contribution in [0.15, 0.2) is 48.5 Å². The third-order valence-corrected chi connectivity index (χ3v) is 4.08. The van der Waals surface area contributed by atoms with Crippen LogP contribution < -0.4 is 10.1 Å². The minimum atomic E-state index is -0.257. The van der Waals surface area contributed by atoms with Gasteiger partial charge in [-0.25, -0.2) is 0 Å². The molecule has 0 fully saturated rings. The van der Waals surface area contributed by atoms with Gasteiger partial charge in [-0.3, -0.25) is 9.59 Å². The number of anilines is 1. The smallest absolute Gasteiger partial charge is 0.244 e. The van der Waals surface area contributed by atoms with Gasteiger partial charge in [0.15, 0.2) is 0 Å². The van der Waals surface area contributed by atoms with Crippen molar-refractivity contribution in [2.24, 2.45) is 0 Å². The van der Waals surface area contributed by atoms with Crippen molar-refractivity contribution >= 4 is 29.1 Å². The molecule has 0 heterocycles. The fraction of sp³-hybridized carbons (Fsp3) is 0.300. The van der Waals surface area contributed by atoms with Crippen molar-refractivity contribution in [1.29, 1.82) is 0 Å². The zero-order chi connectivity index (χ0) is 18.9. The second kappa shape index (κ2) is 9.82. The van der Waals surface area contributed by atoms with E-state index in [4.69, 9.17) is 16.3 Å². The molecule has 26 heavy (non-hydrogen) atoms. The van der Waals surface area contributed by atoms with Gasteiger partial charge in [-0.15, -0.1) is 0 Å². The second-order valence-corrected chi connectivity index (χ2v) is 6.30. The molecule has 0 saturated heterocycles. The van der Waals surface area contributed by atoms with Crippen LogP contribution in [0.2, 0.25) is 5.02 Å². The average Bonchev–Trinajstić information content (AvgIpc) is 2.63.